The number of carbonyl (C=O) groups is 1. The van der Waals surface area contributed by atoms with Crippen molar-refractivity contribution in [2.75, 3.05) is 13.1 Å². The standard InChI is InChI=1S/C11H20N4O4S.ClH/c1-3-4-10(11(16)17)12-5-6-14-20(18,19)9-7-13-15(2)8-9;/h7-8,10,12,14H,3-6H2,1-2H3,(H,16,17);1H. The number of aromatic nitrogens is 2. The van der Waals surface area contributed by atoms with Crippen molar-refractivity contribution in [3.63, 3.8) is 0 Å². The fraction of sp³-hybridized carbons (Fsp3) is 0.636. The first kappa shape index (κ1) is 19.8. The summed E-state index contributed by atoms with van der Waals surface area (Å²) in [7, 11) is -1.96. The van der Waals surface area contributed by atoms with Gasteiger partial charge in [-0.25, -0.2) is 13.1 Å². The average molecular weight is 341 g/mol. The molecule has 1 aromatic heterocycles. The molecule has 0 fully saturated rings. The summed E-state index contributed by atoms with van der Waals surface area (Å²) in [6.45, 7) is 2.25. The van der Waals surface area contributed by atoms with Gasteiger partial charge in [0.1, 0.15) is 10.9 Å². The maximum absolute atomic E-state index is 11.8. The van der Waals surface area contributed by atoms with Crippen molar-refractivity contribution in [2.45, 2.75) is 30.7 Å². The topological polar surface area (TPSA) is 113 Å². The zero-order valence-corrected chi connectivity index (χ0v) is 13.6. The summed E-state index contributed by atoms with van der Waals surface area (Å²) < 4.78 is 27.5. The number of carboxylic acid groups (broad SMARTS) is 1. The number of aryl methyl sites for hydroxylation is 1. The molecule has 1 aromatic rings. The van der Waals surface area contributed by atoms with Crippen LogP contribution in [0.15, 0.2) is 17.3 Å². The molecule has 0 aliphatic rings. The zero-order valence-electron chi connectivity index (χ0n) is 11.9. The highest BCUT2D eigenvalue weighted by molar-refractivity contribution is 7.89. The Labute approximate surface area is 130 Å². The molecule has 0 aromatic carbocycles. The van der Waals surface area contributed by atoms with Crippen LogP contribution in [0.3, 0.4) is 0 Å². The minimum absolute atomic E-state index is 0. The van der Waals surface area contributed by atoms with Gasteiger partial charge in [-0.3, -0.25) is 9.48 Å². The molecular formula is C11H21ClN4O4S. The fourth-order valence-corrected chi connectivity index (χ4v) is 2.67. The van der Waals surface area contributed by atoms with E-state index < -0.39 is 22.0 Å². The molecule has 1 atom stereocenters. The van der Waals surface area contributed by atoms with E-state index in [0.29, 0.717) is 6.42 Å². The molecule has 10 heteroatoms. The average Bonchev–Trinajstić information content (AvgIpc) is 2.80. The Morgan fingerprint density at radius 2 is 2.14 bits per heavy atom. The third-order valence-corrected chi connectivity index (χ3v) is 4.09. The highest BCUT2D eigenvalue weighted by Gasteiger charge is 2.17. The van der Waals surface area contributed by atoms with Gasteiger partial charge < -0.3 is 10.4 Å². The van der Waals surface area contributed by atoms with Gasteiger partial charge in [-0.05, 0) is 6.42 Å². The molecule has 1 heterocycles. The van der Waals surface area contributed by atoms with Gasteiger partial charge in [-0.1, -0.05) is 13.3 Å². The molecule has 0 radical (unpaired) electrons. The lowest BCUT2D eigenvalue weighted by Gasteiger charge is -2.13. The van der Waals surface area contributed by atoms with Crippen LogP contribution in [0, 0.1) is 0 Å². The van der Waals surface area contributed by atoms with Gasteiger partial charge in [0, 0.05) is 26.3 Å². The van der Waals surface area contributed by atoms with E-state index in [4.69, 9.17) is 5.11 Å². The lowest BCUT2D eigenvalue weighted by atomic mass is 10.2. The summed E-state index contributed by atoms with van der Waals surface area (Å²) in [5.41, 5.74) is 0. The molecule has 1 unspecified atom stereocenters. The molecule has 0 amide bonds. The molecule has 0 bridgehead atoms. The summed E-state index contributed by atoms with van der Waals surface area (Å²) in [6, 6.07) is -0.650. The zero-order chi connectivity index (χ0) is 15.2. The number of nitrogens with one attached hydrogen (secondary N) is 2. The van der Waals surface area contributed by atoms with Crippen molar-refractivity contribution in [3.05, 3.63) is 12.4 Å². The number of carboxylic acids is 1. The monoisotopic (exact) mass is 340 g/mol. The van der Waals surface area contributed by atoms with Crippen LogP contribution in [-0.2, 0) is 21.9 Å². The molecule has 0 aliphatic carbocycles. The van der Waals surface area contributed by atoms with Gasteiger partial charge in [-0.2, -0.15) is 5.10 Å². The Kier molecular flexibility index (Phi) is 8.48. The summed E-state index contributed by atoms with van der Waals surface area (Å²) in [5.74, 6) is -0.929. The molecule has 0 aliphatic heterocycles. The minimum Gasteiger partial charge on any atom is -0.480 e. The van der Waals surface area contributed by atoms with Crippen molar-refractivity contribution in [1.82, 2.24) is 19.8 Å². The van der Waals surface area contributed by atoms with Crippen molar-refractivity contribution >= 4 is 28.4 Å². The van der Waals surface area contributed by atoms with Crippen LogP contribution in [0.5, 0.6) is 0 Å². The summed E-state index contributed by atoms with van der Waals surface area (Å²) in [4.78, 5) is 11.0. The van der Waals surface area contributed by atoms with E-state index in [9.17, 15) is 13.2 Å². The van der Waals surface area contributed by atoms with E-state index in [0.717, 1.165) is 6.42 Å². The number of sulfonamides is 1. The largest absolute Gasteiger partial charge is 0.480 e. The summed E-state index contributed by atoms with van der Waals surface area (Å²) in [5, 5.41) is 15.5. The summed E-state index contributed by atoms with van der Waals surface area (Å²) in [6.07, 6.45) is 3.90. The number of hydrogen-bond acceptors (Lipinski definition) is 5. The Hall–Kier alpha value is -1.16. The lowest BCUT2D eigenvalue weighted by Crippen LogP contribution is -2.41. The number of aliphatic carboxylic acids is 1. The van der Waals surface area contributed by atoms with Crippen molar-refractivity contribution in [2.24, 2.45) is 7.05 Å². The maximum atomic E-state index is 11.8. The first-order valence-corrected chi connectivity index (χ1v) is 7.79. The van der Waals surface area contributed by atoms with Gasteiger partial charge in [0.25, 0.3) is 0 Å². The molecule has 8 nitrogen and oxygen atoms in total. The van der Waals surface area contributed by atoms with Gasteiger partial charge in [0.2, 0.25) is 10.0 Å². The second-order valence-electron chi connectivity index (χ2n) is 4.38. The van der Waals surface area contributed by atoms with Crippen LogP contribution in [-0.4, -0.2) is 48.4 Å². The van der Waals surface area contributed by atoms with Crippen LogP contribution in [0.25, 0.3) is 0 Å². The normalized spacial score (nSPS) is 12.7. The molecule has 0 saturated heterocycles. The number of rotatable bonds is 9. The predicted octanol–water partition coefficient (Wildman–Crippen LogP) is -0.0369. The van der Waals surface area contributed by atoms with Crippen molar-refractivity contribution < 1.29 is 18.3 Å². The second-order valence-corrected chi connectivity index (χ2v) is 6.15. The van der Waals surface area contributed by atoms with Gasteiger partial charge in [0.05, 0.1) is 6.20 Å². The van der Waals surface area contributed by atoms with Crippen molar-refractivity contribution in [1.29, 1.82) is 0 Å². The first-order chi connectivity index (χ1) is 9.36. The maximum Gasteiger partial charge on any atom is 0.320 e. The van der Waals surface area contributed by atoms with E-state index in [1.165, 1.54) is 17.1 Å². The van der Waals surface area contributed by atoms with E-state index in [1.807, 2.05) is 6.92 Å². The SMILES string of the molecule is CCCC(NCCNS(=O)(=O)c1cnn(C)c1)C(=O)O.Cl. The van der Waals surface area contributed by atoms with Gasteiger partial charge in [0.15, 0.2) is 0 Å². The molecular weight excluding hydrogens is 320 g/mol. The van der Waals surface area contributed by atoms with Crippen LogP contribution < -0.4 is 10.0 Å². The highest BCUT2D eigenvalue weighted by Crippen LogP contribution is 2.05. The van der Waals surface area contributed by atoms with Crippen LogP contribution in [0.2, 0.25) is 0 Å². The van der Waals surface area contributed by atoms with E-state index in [-0.39, 0.29) is 30.4 Å². The van der Waals surface area contributed by atoms with E-state index in [2.05, 4.69) is 15.1 Å². The number of nitrogens with zero attached hydrogens (tertiary/aromatic N) is 2. The first-order valence-electron chi connectivity index (χ1n) is 6.31. The van der Waals surface area contributed by atoms with Gasteiger partial charge >= 0.3 is 5.97 Å². The molecule has 0 saturated carbocycles. The quantitative estimate of drug-likeness (QED) is 0.544. The summed E-state index contributed by atoms with van der Waals surface area (Å²) >= 11 is 0. The van der Waals surface area contributed by atoms with Crippen LogP contribution in [0.1, 0.15) is 19.8 Å². The minimum atomic E-state index is -3.59. The smallest absolute Gasteiger partial charge is 0.320 e. The second kappa shape index (κ2) is 8.98. The lowest BCUT2D eigenvalue weighted by molar-refractivity contribution is -0.139. The van der Waals surface area contributed by atoms with E-state index >= 15 is 0 Å². The molecule has 122 valence electrons. The Morgan fingerprint density at radius 1 is 1.48 bits per heavy atom. The van der Waals surface area contributed by atoms with Crippen LogP contribution in [0.4, 0.5) is 0 Å². The number of hydrogen-bond donors (Lipinski definition) is 3. The van der Waals surface area contributed by atoms with Crippen LogP contribution >= 0.6 is 12.4 Å². The van der Waals surface area contributed by atoms with E-state index in [1.54, 1.807) is 7.05 Å². The third-order valence-electron chi connectivity index (χ3n) is 2.67. The predicted molar refractivity (Wildman–Crippen MR) is 80.0 cm³/mol. The number of halogens is 1. The third kappa shape index (κ3) is 6.42. The Morgan fingerprint density at radius 3 is 2.62 bits per heavy atom. The molecule has 3 N–H and O–H groups in total. The Bertz CT molecular complexity index is 546. The molecule has 0 spiro atoms. The molecule has 21 heavy (non-hydrogen) atoms. The highest BCUT2D eigenvalue weighted by atomic mass is 35.5. The Balaban J connectivity index is 0.00000400. The fourth-order valence-electron chi connectivity index (χ4n) is 1.65. The van der Waals surface area contributed by atoms with Crippen molar-refractivity contribution in [3.8, 4) is 0 Å². The molecule has 1 rings (SSSR count). The van der Waals surface area contributed by atoms with Gasteiger partial charge in [-0.15, -0.1) is 12.4 Å².